The zero-order valence-corrected chi connectivity index (χ0v) is 26.7. The van der Waals surface area contributed by atoms with Crippen LogP contribution in [0.4, 0.5) is 23.2 Å². The molecule has 0 fully saturated rings. The molecule has 1 N–H and O–H groups in total. The number of amides is 1. The van der Waals surface area contributed by atoms with Crippen LogP contribution in [-0.4, -0.2) is 59.8 Å². The van der Waals surface area contributed by atoms with Gasteiger partial charge in [0, 0.05) is 44.6 Å². The van der Waals surface area contributed by atoms with Gasteiger partial charge < -0.3 is 33.6 Å². The van der Waals surface area contributed by atoms with Crippen LogP contribution >= 0.6 is 0 Å². The summed E-state index contributed by atoms with van der Waals surface area (Å²) in [4.78, 5) is 35.1. The second-order valence-corrected chi connectivity index (χ2v) is 11.1. The Balaban J connectivity index is 1.37. The molecule has 11 nitrogen and oxygen atoms in total. The van der Waals surface area contributed by atoms with Crippen LogP contribution in [0.15, 0.2) is 53.3 Å². The Morgan fingerprint density at radius 3 is 2.56 bits per heavy atom. The van der Waals surface area contributed by atoms with Crippen LogP contribution in [0.2, 0.25) is 0 Å². The molecule has 254 valence electrons. The van der Waals surface area contributed by atoms with Crippen LogP contribution in [0, 0.1) is 12.7 Å². The standard InChI is InChI=1S/C33H32F4N4O7/c1-18-28(29(42)22-14-20(48-33(35,36)37)8-9-25(22)41(18)3)30(43)40-19-7-10-26(23(34)13-19)47-31-21-15-27(45-5)32(2,46-12-6-11-44-4)16-24(21)38-17-39-31/h7-10,13-15,17H,6,11-12,16H2,1-5H3,(H,40,43). The number of rotatable bonds is 11. The van der Waals surface area contributed by atoms with Gasteiger partial charge in [0.15, 0.2) is 11.6 Å². The number of carbonyl (C=O) groups is 1. The molecule has 0 saturated carbocycles. The molecule has 1 aliphatic carbocycles. The number of fused-ring (bicyclic) bond motifs is 2. The minimum atomic E-state index is -4.97. The van der Waals surface area contributed by atoms with E-state index in [9.17, 15) is 22.8 Å². The molecule has 0 spiro atoms. The summed E-state index contributed by atoms with van der Waals surface area (Å²) in [7, 11) is 4.68. The monoisotopic (exact) mass is 672 g/mol. The second-order valence-electron chi connectivity index (χ2n) is 11.1. The summed E-state index contributed by atoms with van der Waals surface area (Å²) >= 11 is 0. The van der Waals surface area contributed by atoms with Gasteiger partial charge in [0.05, 0.1) is 35.9 Å². The highest BCUT2D eigenvalue weighted by Crippen LogP contribution is 2.38. The highest BCUT2D eigenvalue weighted by molar-refractivity contribution is 6.07. The van der Waals surface area contributed by atoms with E-state index in [2.05, 4.69) is 20.0 Å². The average Bonchev–Trinajstić information content (AvgIpc) is 3.02. The molecule has 1 atom stereocenters. The van der Waals surface area contributed by atoms with Gasteiger partial charge in [0.1, 0.15) is 29.0 Å². The normalized spacial score (nSPS) is 15.9. The number of anilines is 1. The zero-order valence-electron chi connectivity index (χ0n) is 26.7. The first-order chi connectivity index (χ1) is 22.7. The van der Waals surface area contributed by atoms with Crippen molar-refractivity contribution in [3.8, 4) is 17.4 Å². The quantitative estimate of drug-likeness (QED) is 0.149. The molecule has 5 rings (SSSR count). The first-order valence-corrected chi connectivity index (χ1v) is 14.7. The zero-order chi connectivity index (χ0) is 34.8. The van der Waals surface area contributed by atoms with Crippen LogP contribution in [0.25, 0.3) is 17.0 Å². The molecule has 4 aromatic rings. The summed E-state index contributed by atoms with van der Waals surface area (Å²) in [6.07, 6.45) is -0.972. The van der Waals surface area contributed by atoms with Crippen molar-refractivity contribution in [2.24, 2.45) is 7.05 Å². The van der Waals surface area contributed by atoms with Crippen LogP contribution in [0.5, 0.6) is 17.4 Å². The van der Waals surface area contributed by atoms with Crippen molar-refractivity contribution in [3.05, 3.63) is 87.0 Å². The lowest BCUT2D eigenvalue weighted by atomic mass is 9.88. The lowest BCUT2D eigenvalue weighted by Gasteiger charge is -2.34. The number of ether oxygens (including phenoxy) is 5. The molecule has 0 radical (unpaired) electrons. The average molecular weight is 673 g/mol. The number of nitrogens with one attached hydrogen (secondary N) is 1. The predicted octanol–water partition coefficient (Wildman–Crippen LogP) is 6.07. The van der Waals surface area contributed by atoms with Gasteiger partial charge in [-0.1, -0.05) is 0 Å². The highest BCUT2D eigenvalue weighted by atomic mass is 19.4. The Bertz CT molecular complexity index is 1960. The SMILES string of the molecule is COCCCOC1(C)Cc2ncnc(Oc3ccc(NC(=O)c4c(C)n(C)c5ccc(OC(F)(F)F)cc5c4=O)cc3F)c2C=C1OC. The molecule has 1 amide bonds. The van der Waals surface area contributed by atoms with Crippen LogP contribution in [0.1, 0.15) is 40.7 Å². The third-order valence-electron chi connectivity index (χ3n) is 7.89. The molecular formula is C33H32F4N4O7. The fourth-order valence-corrected chi connectivity index (χ4v) is 5.43. The van der Waals surface area contributed by atoms with E-state index in [0.717, 1.165) is 18.2 Å². The summed E-state index contributed by atoms with van der Waals surface area (Å²) in [5, 5.41) is 2.32. The largest absolute Gasteiger partial charge is 0.573 e. The van der Waals surface area contributed by atoms with E-state index in [-0.39, 0.29) is 39.5 Å². The van der Waals surface area contributed by atoms with E-state index in [1.807, 2.05) is 6.92 Å². The number of carbonyl (C=O) groups excluding carboxylic acids is 1. The number of benzene rings is 2. The van der Waals surface area contributed by atoms with Crippen molar-refractivity contribution in [2.45, 2.75) is 38.7 Å². The summed E-state index contributed by atoms with van der Waals surface area (Å²) in [6.45, 7) is 4.35. The maximum Gasteiger partial charge on any atom is 0.573 e. The van der Waals surface area contributed by atoms with Gasteiger partial charge in [-0.15, -0.1) is 13.2 Å². The van der Waals surface area contributed by atoms with E-state index in [1.54, 1.807) is 20.2 Å². The molecule has 0 aliphatic heterocycles. The number of aromatic nitrogens is 3. The van der Waals surface area contributed by atoms with E-state index in [1.165, 1.54) is 43.1 Å². The number of nitrogens with zero attached hydrogens (tertiary/aromatic N) is 3. The summed E-state index contributed by atoms with van der Waals surface area (Å²) in [6, 6.07) is 6.92. The number of hydrogen-bond donors (Lipinski definition) is 1. The highest BCUT2D eigenvalue weighted by Gasteiger charge is 2.38. The lowest BCUT2D eigenvalue weighted by molar-refractivity contribution is -0.274. The van der Waals surface area contributed by atoms with Crippen molar-refractivity contribution < 1.29 is 46.0 Å². The van der Waals surface area contributed by atoms with Crippen molar-refractivity contribution >= 4 is 28.6 Å². The number of aryl methyl sites for hydroxylation is 1. The Labute approximate surface area is 272 Å². The fraction of sp³-hybridized carbons (Fsp3) is 0.333. The summed E-state index contributed by atoms with van der Waals surface area (Å²) in [5.74, 6) is -1.99. The van der Waals surface area contributed by atoms with Crippen molar-refractivity contribution in [1.82, 2.24) is 14.5 Å². The molecule has 1 aliphatic rings. The van der Waals surface area contributed by atoms with Gasteiger partial charge in [-0.3, -0.25) is 9.59 Å². The molecule has 2 aromatic carbocycles. The minimum absolute atomic E-state index is 0.00627. The number of halogens is 4. The van der Waals surface area contributed by atoms with Gasteiger partial charge in [0.2, 0.25) is 11.3 Å². The smallest absolute Gasteiger partial charge is 0.498 e. The van der Waals surface area contributed by atoms with E-state index < -0.39 is 34.9 Å². The van der Waals surface area contributed by atoms with E-state index in [4.69, 9.17) is 18.9 Å². The van der Waals surface area contributed by atoms with Gasteiger partial charge >= 0.3 is 6.36 Å². The predicted molar refractivity (Wildman–Crippen MR) is 167 cm³/mol. The maximum atomic E-state index is 15.3. The molecule has 2 heterocycles. The third-order valence-corrected chi connectivity index (χ3v) is 7.89. The molecule has 15 heteroatoms. The Hall–Kier alpha value is -5.02. The van der Waals surface area contributed by atoms with Crippen LogP contribution in [-0.2, 0) is 27.7 Å². The maximum absolute atomic E-state index is 15.3. The number of methoxy groups -OCH3 is 2. The first kappa shape index (κ1) is 34.3. The van der Waals surface area contributed by atoms with Gasteiger partial charge in [-0.25, -0.2) is 14.4 Å². The van der Waals surface area contributed by atoms with Crippen LogP contribution < -0.4 is 20.2 Å². The van der Waals surface area contributed by atoms with Crippen molar-refractivity contribution in [2.75, 3.05) is 32.8 Å². The molecule has 48 heavy (non-hydrogen) atoms. The Kier molecular flexibility index (Phi) is 9.73. The van der Waals surface area contributed by atoms with Crippen molar-refractivity contribution in [3.63, 3.8) is 0 Å². The fourth-order valence-electron chi connectivity index (χ4n) is 5.43. The topological polar surface area (TPSA) is 123 Å². The number of alkyl halides is 3. The van der Waals surface area contributed by atoms with Crippen LogP contribution in [0.3, 0.4) is 0 Å². The molecule has 1 unspecified atom stereocenters. The van der Waals surface area contributed by atoms with Gasteiger partial charge in [-0.05, 0) is 56.7 Å². The molecule has 0 bridgehead atoms. The Morgan fingerprint density at radius 2 is 1.88 bits per heavy atom. The summed E-state index contributed by atoms with van der Waals surface area (Å²) in [5.41, 5.74) is -0.362. The molecule has 2 aromatic heterocycles. The second kappa shape index (κ2) is 13.6. The first-order valence-electron chi connectivity index (χ1n) is 14.7. The lowest BCUT2D eigenvalue weighted by Crippen LogP contribution is -2.38. The third kappa shape index (κ3) is 7.11. The number of pyridine rings is 1. The molecular weight excluding hydrogens is 640 g/mol. The van der Waals surface area contributed by atoms with Crippen molar-refractivity contribution in [1.29, 1.82) is 0 Å². The minimum Gasteiger partial charge on any atom is -0.498 e. The van der Waals surface area contributed by atoms with E-state index >= 15 is 4.39 Å². The van der Waals surface area contributed by atoms with Gasteiger partial charge in [-0.2, -0.15) is 0 Å². The Morgan fingerprint density at radius 1 is 1.10 bits per heavy atom. The van der Waals surface area contributed by atoms with Gasteiger partial charge in [0.25, 0.3) is 5.91 Å². The summed E-state index contributed by atoms with van der Waals surface area (Å²) < 4.78 is 81.7. The molecule has 0 saturated heterocycles. The van der Waals surface area contributed by atoms with E-state index in [0.29, 0.717) is 43.1 Å². The number of hydrogen-bond acceptors (Lipinski definition) is 9.